The first-order valence-electron chi connectivity index (χ1n) is 11.6. The number of hydrogen-bond acceptors (Lipinski definition) is 5. The van der Waals surface area contributed by atoms with Crippen LogP contribution in [-0.4, -0.2) is 52.7 Å². The van der Waals surface area contributed by atoms with E-state index in [1.807, 2.05) is 6.92 Å². The number of hydrogen-bond donors (Lipinski definition) is 1. The number of nitrogens with two attached hydrogens (primary N) is 1. The van der Waals surface area contributed by atoms with E-state index in [0.717, 1.165) is 12.1 Å². The number of anilines is 1. The van der Waals surface area contributed by atoms with Crippen molar-refractivity contribution < 1.29 is 22.8 Å². The number of carbonyl (C=O) groups is 2. The van der Waals surface area contributed by atoms with Gasteiger partial charge in [-0.05, 0) is 55.9 Å². The molecular formula is C24H27F3N6O2. The molecule has 1 aromatic heterocycles. The molecule has 0 radical (unpaired) electrons. The number of alkyl halides is 3. The van der Waals surface area contributed by atoms with Crippen LogP contribution >= 0.6 is 0 Å². The highest BCUT2D eigenvalue weighted by molar-refractivity contribution is 5.92. The Bertz CT molecular complexity index is 1150. The summed E-state index contributed by atoms with van der Waals surface area (Å²) in [6.07, 6.45) is -1.71. The summed E-state index contributed by atoms with van der Waals surface area (Å²) in [6.45, 7) is 4.16. The van der Waals surface area contributed by atoms with Gasteiger partial charge in [-0.1, -0.05) is 0 Å². The molecule has 4 rings (SSSR count). The van der Waals surface area contributed by atoms with Crippen molar-refractivity contribution in [3.8, 4) is 6.07 Å². The van der Waals surface area contributed by atoms with Crippen LogP contribution in [0.4, 0.5) is 18.9 Å². The topological polar surface area (TPSA) is 108 Å². The van der Waals surface area contributed by atoms with E-state index in [1.165, 1.54) is 6.07 Å². The lowest BCUT2D eigenvalue weighted by atomic mass is 9.78. The van der Waals surface area contributed by atoms with Crippen molar-refractivity contribution >= 4 is 17.5 Å². The Morgan fingerprint density at radius 1 is 1.20 bits per heavy atom. The molecule has 3 heterocycles. The molecule has 2 saturated heterocycles. The quantitative estimate of drug-likeness (QED) is 0.696. The van der Waals surface area contributed by atoms with Gasteiger partial charge in [0, 0.05) is 44.6 Å². The fourth-order valence-corrected chi connectivity index (χ4v) is 5.34. The van der Waals surface area contributed by atoms with Gasteiger partial charge in [-0.25, -0.2) is 0 Å². The predicted octanol–water partition coefficient (Wildman–Crippen LogP) is 2.88. The molecule has 0 saturated carbocycles. The van der Waals surface area contributed by atoms with Crippen LogP contribution in [0.2, 0.25) is 0 Å². The van der Waals surface area contributed by atoms with E-state index in [4.69, 9.17) is 11.0 Å². The summed E-state index contributed by atoms with van der Waals surface area (Å²) in [7, 11) is 0. The van der Waals surface area contributed by atoms with Gasteiger partial charge in [-0.3, -0.25) is 14.3 Å². The maximum Gasteiger partial charge on any atom is 0.417 e. The highest BCUT2D eigenvalue weighted by atomic mass is 19.4. The lowest BCUT2D eigenvalue weighted by Gasteiger charge is -2.36. The van der Waals surface area contributed by atoms with Gasteiger partial charge in [0.2, 0.25) is 5.91 Å². The zero-order valence-electron chi connectivity index (χ0n) is 19.3. The Morgan fingerprint density at radius 3 is 2.51 bits per heavy atom. The SMILES string of the molecule is CCn1nccc1C(=O)N1CCC([C@@H]2CN(c3ccc(C#N)c(C(F)(F)F)c3)C[C@H]2C(N)=O)CC1. The Kier molecular flexibility index (Phi) is 6.74. The van der Waals surface area contributed by atoms with Gasteiger partial charge in [0.1, 0.15) is 5.69 Å². The molecule has 186 valence electrons. The Hall–Kier alpha value is -3.55. The number of amides is 2. The van der Waals surface area contributed by atoms with Crippen molar-refractivity contribution in [1.82, 2.24) is 14.7 Å². The summed E-state index contributed by atoms with van der Waals surface area (Å²) >= 11 is 0. The molecule has 0 bridgehead atoms. The number of benzene rings is 1. The van der Waals surface area contributed by atoms with Crippen LogP contribution in [0.5, 0.6) is 0 Å². The lowest BCUT2D eigenvalue weighted by Crippen LogP contribution is -2.43. The standard InChI is InChI=1S/C24H27F3N6O2/c1-2-33-21(5-8-30-33)23(35)31-9-6-15(7-10-31)18-13-32(14-19(18)22(29)34)17-4-3-16(12-28)20(11-17)24(25,26)27/h3-5,8,11,15,18-19H,2,6-7,9-10,13-14H2,1H3,(H2,29,34)/t18-,19+/m0/s1. The number of aromatic nitrogens is 2. The molecule has 0 aliphatic carbocycles. The van der Waals surface area contributed by atoms with Gasteiger partial charge in [-0.15, -0.1) is 0 Å². The van der Waals surface area contributed by atoms with Crippen LogP contribution in [-0.2, 0) is 17.5 Å². The van der Waals surface area contributed by atoms with Crippen molar-refractivity contribution in [2.75, 3.05) is 31.1 Å². The average Bonchev–Trinajstić information content (AvgIpc) is 3.50. The van der Waals surface area contributed by atoms with Crippen LogP contribution in [0.1, 0.15) is 41.4 Å². The van der Waals surface area contributed by atoms with Crippen molar-refractivity contribution in [3.63, 3.8) is 0 Å². The highest BCUT2D eigenvalue weighted by Crippen LogP contribution is 2.40. The first-order valence-corrected chi connectivity index (χ1v) is 11.6. The van der Waals surface area contributed by atoms with Gasteiger partial charge in [0.15, 0.2) is 0 Å². The third-order valence-electron chi connectivity index (χ3n) is 7.19. The Balaban J connectivity index is 1.48. The van der Waals surface area contributed by atoms with E-state index in [9.17, 15) is 22.8 Å². The first-order chi connectivity index (χ1) is 16.6. The smallest absolute Gasteiger partial charge is 0.370 e. The molecule has 2 atom stereocenters. The summed E-state index contributed by atoms with van der Waals surface area (Å²) < 4.78 is 42.0. The van der Waals surface area contributed by atoms with E-state index in [0.29, 0.717) is 50.4 Å². The van der Waals surface area contributed by atoms with Crippen LogP contribution in [0.3, 0.4) is 0 Å². The first kappa shape index (κ1) is 24.6. The molecule has 2 aliphatic rings. The number of halogens is 3. The largest absolute Gasteiger partial charge is 0.417 e. The Labute approximate surface area is 201 Å². The van der Waals surface area contributed by atoms with Crippen LogP contribution in [0.25, 0.3) is 0 Å². The van der Waals surface area contributed by atoms with Crippen molar-refractivity contribution in [2.45, 2.75) is 32.5 Å². The van der Waals surface area contributed by atoms with Crippen LogP contribution in [0.15, 0.2) is 30.5 Å². The fourth-order valence-electron chi connectivity index (χ4n) is 5.34. The minimum atomic E-state index is -4.66. The fraction of sp³-hybridized carbons (Fsp3) is 0.500. The number of likely N-dealkylation sites (tertiary alicyclic amines) is 1. The normalized spacial score (nSPS) is 21.2. The van der Waals surface area contributed by atoms with Crippen molar-refractivity contribution in [1.29, 1.82) is 5.26 Å². The zero-order chi connectivity index (χ0) is 25.3. The molecule has 11 heteroatoms. The molecule has 35 heavy (non-hydrogen) atoms. The van der Waals surface area contributed by atoms with Crippen LogP contribution in [0, 0.1) is 29.1 Å². The van der Waals surface area contributed by atoms with E-state index in [2.05, 4.69) is 5.10 Å². The molecule has 2 fully saturated rings. The second-order valence-corrected chi connectivity index (χ2v) is 9.08. The summed E-state index contributed by atoms with van der Waals surface area (Å²) in [5, 5.41) is 13.2. The van der Waals surface area contributed by atoms with Crippen molar-refractivity contribution in [2.24, 2.45) is 23.5 Å². The van der Waals surface area contributed by atoms with Gasteiger partial charge in [-0.2, -0.15) is 23.5 Å². The summed E-state index contributed by atoms with van der Waals surface area (Å²) in [4.78, 5) is 28.7. The number of nitrogens with zero attached hydrogens (tertiary/aromatic N) is 5. The van der Waals surface area contributed by atoms with E-state index in [1.54, 1.807) is 32.8 Å². The van der Waals surface area contributed by atoms with Crippen molar-refractivity contribution in [3.05, 3.63) is 47.3 Å². The highest BCUT2D eigenvalue weighted by Gasteiger charge is 2.43. The van der Waals surface area contributed by atoms with Gasteiger partial charge < -0.3 is 15.5 Å². The molecule has 2 aromatic rings. The number of carbonyl (C=O) groups excluding carboxylic acids is 2. The maximum atomic E-state index is 13.4. The van der Waals surface area contributed by atoms with Gasteiger partial charge in [0.25, 0.3) is 5.91 Å². The Morgan fingerprint density at radius 2 is 1.91 bits per heavy atom. The van der Waals surface area contributed by atoms with E-state index in [-0.39, 0.29) is 24.3 Å². The zero-order valence-corrected chi connectivity index (χ0v) is 19.3. The summed E-state index contributed by atoms with van der Waals surface area (Å²) in [6, 6.07) is 6.90. The average molecular weight is 489 g/mol. The monoisotopic (exact) mass is 488 g/mol. The van der Waals surface area contributed by atoms with Gasteiger partial charge >= 0.3 is 6.18 Å². The number of nitriles is 1. The second kappa shape index (κ2) is 9.60. The second-order valence-electron chi connectivity index (χ2n) is 9.08. The van der Waals surface area contributed by atoms with Crippen LogP contribution < -0.4 is 10.6 Å². The number of aryl methyl sites for hydroxylation is 1. The third kappa shape index (κ3) is 4.83. The molecule has 1 aromatic carbocycles. The molecule has 2 aliphatic heterocycles. The molecule has 0 spiro atoms. The predicted molar refractivity (Wildman–Crippen MR) is 121 cm³/mol. The maximum absolute atomic E-state index is 13.4. The number of primary amides is 1. The molecule has 0 unspecified atom stereocenters. The summed E-state index contributed by atoms with van der Waals surface area (Å²) in [5.41, 5.74) is 5.10. The van der Waals surface area contributed by atoms with E-state index < -0.39 is 29.1 Å². The molecule has 2 N–H and O–H groups in total. The molecule has 8 nitrogen and oxygen atoms in total. The molecular weight excluding hydrogens is 461 g/mol. The molecule has 2 amide bonds. The number of piperidine rings is 1. The van der Waals surface area contributed by atoms with Gasteiger partial charge in [0.05, 0.1) is 23.1 Å². The number of rotatable bonds is 5. The summed E-state index contributed by atoms with van der Waals surface area (Å²) in [5.74, 6) is -1.09. The lowest BCUT2D eigenvalue weighted by molar-refractivity contribution is -0.137. The minimum Gasteiger partial charge on any atom is -0.370 e. The minimum absolute atomic E-state index is 0.0837. The van der Waals surface area contributed by atoms with E-state index >= 15 is 0 Å². The third-order valence-corrected chi connectivity index (χ3v) is 7.19.